The minimum Gasteiger partial charge on any atom is -0.454 e. The topological polar surface area (TPSA) is 114 Å². The zero-order valence-electron chi connectivity index (χ0n) is 15.2. The number of amides is 3. The predicted molar refractivity (Wildman–Crippen MR) is 106 cm³/mol. The molecule has 0 heterocycles. The number of carbonyl (C=O) groups is 4. The van der Waals surface area contributed by atoms with E-state index in [2.05, 4.69) is 16.2 Å². The van der Waals surface area contributed by atoms with Crippen molar-refractivity contribution in [1.29, 1.82) is 0 Å². The maximum Gasteiger partial charge on any atom is 0.328 e. The van der Waals surface area contributed by atoms with Crippen LogP contribution in [0, 0.1) is 0 Å². The number of hydrogen-bond donors (Lipinski definition) is 3. The number of hydrogen-bond acceptors (Lipinski definition) is 5. The third kappa shape index (κ3) is 6.78. The van der Waals surface area contributed by atoms with Gasteiger partial charge in [-0.2, -0.15) is 0 Å². The van der Waals surface area contributed by atoms with Gasteiger partial charge in [0.1, 0.15) is 6.04 Å². The van der Waals surface area contributed by atoms with Gasteiger partial charge in [0, 0.05) is 10.6 Å². The lowest BCUT2D eigenvalue weighted by Crippen LogP contribution is -2.45. The molecule has 2 rings (SSSR count). The molecule has 0 aliphatic carbocycles. The number of carbonyl (C=O) groups excluding carboxylic acids is 4. The van der Waals surface area contributed by atoms with Gasteiger partial charge in [-0.1, -0.05) is 35.3 Å². The number of hydrazine groups is 1. The molecule has 29 heavy (non-hydrogen) atoms. The zero-order valence-corrected chi connectivity index (χ0v) is 16.7. The summed E-state index contributed by atoms with van der Waals surface area (Å²) in [5.74, 6) is -2.71. The van der Waals surface area contributed by atoms with Gasteiger partial charge in [-0.25, -0.2) is 4.79 Å². The average molecular weight is 438 g/mol. The molecular formula is C19H17Cl2N3O5. The van der Waals surface area contributed by atoms with Crippen molar-refractivity contribution in [3.8, 4) is 0 Å². The van der Waals surface area contributed by atoms with Crippen LogP contribution in [0.3, 0.4) is 0 Å². The molecule has 0 radical (unpaired) electrons. The molecule has 0 fully saturated rings. The minimum atomic E-state index is -1.02. The van der Waals surface area contributed by atoms with Crippen LogP contribution in [0.25, 0.3) is 0 Å². The van der Waals surface area contributed by atoms with Crippen LogP contribution in [0.4, 0.5) is 0 Å². The van der Waals surface area contributed by atoms with Crippen molar-refractivity contribution in [2.45, 2.75) is 13.0 Å². The quantitative estimate of drug-likeness (QED) is 0.472. The molecule has 2 aromatic rings. The lowest BCUT2D eigenvalue weighted by atomic mass is 10.2. The lowest BCUT2D eigenvalue weighted by Gasteiger charge is -2.14. The van der Waals surface area contributed by atoms with Crippen LogP contribution in [-0.4, -0.2) is 36.3 Å². The van der Waals surface area contributed by atoms with Gasteiger partial charge >= 0.3 is 5.97 Å². The Morgan fingerprint density at radius 2 is 1.59 bits per heavy atom. The number of rotatable bonds is 6. The molecule has 0 aliphatic heterocycles. The van der Waals surface area contributed by atoms with E-state index in [4.69, 9.17) is 27.9 Å². The van der Waals surface area contributed by atoms with Crippen molar-refractivity contribution in [1.82, 2.24) is 16.2 Å². The summed E-state index contributed by atoms with van der Waals surface area (Å²) in [6, 6.07) is 11.3. The van der Waals surface area contributed by atoms with Gasteiger partial charge in [0.05, 0.1) is 10.6 Å². The van der Waals surface area contributed by atoms with E-state index in [1.54, 1.807) is 18.2 Å². The maximum atomic E-state index is 12.1. The number of ether oxygens (including phenoxy) is 1. The molecule has 0 aliphatic rings. The van der Waals surface area contributed by atoms with Crippen molar-refractivity contribution >= 4 is 46.9 Å². The number of benzene rings is 2. The monoisotopic (exact) mass is 437 g/mol. The Bertz CT molecular complexity index is 918. The first kappa shape index (κ1) is 22.2. The van der Waals surface area contributed by atoms with Crippen molar-refractivity contribution in [3.63, 3.8) is 0 Å². The van der Waals surface area contributed by atoms with Gasteiger partial charge in [0.15, 0.2) is 6.61 Å². The summed E-state index contributed by atoms with van der Waals surface area (Å²) in [6.45, 7) is 0.753. The molecule has 10 heteroatoms. The normalized spacial score (nSPS) is 11.1. The van der Waals surface area contributed by atoms with E-state index in [1.165, 1.54) is 37.3 Å². The molecule has 0 aromatic heterocycles. The molecule has 8 nitrogen and oxygen atoms in total. The molecule has 0 saturated carbocycles. The van der Waals surface area contributed by atoms with Crippen molar-refractivity contribution in [2.75, 3.05) is 6.61 Å². The molecular weight excluding hydrogens is 421 g/mol. The Labute approximate surface area is 176 Å². The van der Waals surface area contributed by atoms with Crippen molar-refractivity contribution in [3.05, 3.63) is 69.7 Å². The highest BCUT2D eigenvalue weighted by Gasteiger charge is 2.20. The van der Waals surface area contributed by atoms with E-state index in [-0.39, 0.29) is 16.1 Å². The Balaban J connectivity index is 1.75. The lowest BCUT2D eigenvalue weighted by molar-refractivity contribution is -0.150. The smallest absolute Gasteiger partial charge is 0.328 e. The van der Waals surface area contributed by atoms with E-state index in [0.717, 1.165) is 0 Å². The van der Waals surface area contributed by atoms with Gasteiger partial charge in [0.2, 0.25) is 0 Å². The Kier molecular flexibility index (Phi) is 7.99. The summed E-state index contributed by atoms with van der Waals surface area (Å²) in [4.78, 5) is 47.6. The molecule has 0 saturated heterocycles. The fraction of sp³-hybridized carbons (Fsp3) is 0.158. The van der Waals surface area contributed by atoms with E-state index in [9.17, 15) is 19.2 Å². The van der Waals surface area contributed by atoms with Gasteiger partial charge in [0.25, 0.3) is 17.7 Å². The van der Waals surface area contributed by atoms with Gasteiger partial charge in [-0.05, 0) is 43.3 Å². The van der Waals surface area contributed by atoms with Crippen LogP contribution in [0.1, 0.15) is 27.6 Å². The highest BCUT2D eigenvalue weighted by molar-refractivity contribution is 6.33. The third-order valence-electron chi connectivity index (χ3n) is 3.59. The molecule has 0 bridgehead atoms. The van der Waals surface area contributed by atoms with Crippen LogP contribution in [0.5, 0.6) is 0 Å². The van der Waals surface area contributed by atoms with E-state index < -0.39 is 36.3 Å². The highest BCUT2D eigenvalue weighted by Crippen LogP contribution is 2.14. The highest BCUT2D eigenvalue weighted by atomic mass is 35.5. The summed E-state index contributed by atoms with van der Waals surface area (Å²) in [7, 11) is 0. The summed E-state index contributed by atoms with van der Waals surface area (Å²) < 4.78 is 4.82. The summed E-state index contributed by atoms with van der Waals surface area (Å²) >= 11 is 11.7. The van der Waals surface area contributed by atoms with Crippen LogP contribution in [-0.2, 0) is 14.3 Å². The van der Waals surface area contributed by atoms with Crippen LogP contribution >= 0.6 is 23.2 Å². The maximum absolute atomic E-state index is 12.1. The van der Waals surface area contributed by atoms with Crippen molar-refractivity contribution < 1.29 is 23.9 Å². The van der Waals surface area contributed by atoms with E-state index in [0.29, 0.717) is 5.02 Å². The Hall–Kier alpha value is -3.10. The fourth-order valence-electron chi connectivity index (χ4n) is 2.08. The molecule has 0 spiro atoms. The summed E-state index contributed by atoms with van der Waals surface area (Å²) in [5, 5.41) is 3.13. The summed E-state index contributed by atoms with van der Waals surface area (Å²) in [5.41, 5.74) is 4.77. The molecule has 3 N–H and O–H groups in total. The van der Waals surface area contributed by atoms with Crippen LogP contribution in [0.15, 0.2) is 48.5 Å². The van der Waals surface area contributed by atoms with Crippen LogP contribution in [0.2, 0.25) is 10.0 Å². The molecule has 1 atom stereocenters. The predicted octanol–water partition coefficient (Wildman–Crippen LogP) is 2.12. The molecule has 0 unspecified atom stereocenters. The standard InChI is InChI=1S/C19H17Cl2N3O5/c1-11(22-18(27)14-4-2-3-5-15(14)21)19(28)29-10-16(25)23-24-17(26)12-6-8-13(20)9-7-12/h2-9,11H,10H2,1H3,(H,22,27)(H,23,25)(H,24,26)/t11-/m1/s1. The molecule has 2 aromatic carbocycles. The van der Waals surface area contributed by atoms with Crippen molar-refractivity contribution in [2.24, 2.45) is 0 Å². The van der Waals surface area contributed by atoms with Gasteiger partial charge in [-0.3, -0.25) is 25.2 Å². The Morgan fingerprint density at radius 1 is 0.931 bits per heavy atom. The SMILES string of the molecule is C[C@@H](NC(=O)c1ccccc1Cl)C(=O)OCC(=O)NNC(=O)c1ccc(Cl)cc1. The second kappa shape index (κ2) is 10.4. The van der Waals surface area contributed by atoms with E-state index >= 15 is 0 Å². The first-order valence-corrected chi connectivity index (χ1v) is 9.10. The fourth-order valence-corrected chi connectivity index (χ4v) is 2.42. The average Bonchev–Trinajstić information content (AvgIpc) is 2.70. The molecule has 152 valence electrons. The van der Waals surface area contributed by atoms with E-state index in [1.807, 2.05) is 0 Å². The first-order valence-electron chi connectivity index (χ1n) is 8.34. The number of halogens is 2. The third-order valence-corrected chi connectivity index (χ3v) is 4.17. The number of esters is 1. The Morgan fingerprint density at radius 3 is 2.24 bits per heavy atom. The minimum absolute atomic E-state index is 0.205. The largest absolute Gasteiger partial charge is 0.454 e. The summed E-state index contributed by atoms with van der Waals surface area (Å²) in [6.07, 6.45) is 0. The van der Waals surface area contributed by atoms with Crippen LogP contribution < -0.4 is 16.2 Å². The second-order valence-corrected chi connectivity index (χ2v) is 6.64. The van der Waals surface area contributed by atoms with Gasteiger partial charge in [-0.15, -0.1) is 0 Å². The zero-order chi connectivity index (χ0) is 21.4. The number of nitrogens with one attached hydrogen (secondary N) is 3. The molecule has 3 amide bonds. The van der Waals surface area contributed by atoms with Gasteiger partial charge < -0.3 is 10.1 Å². The first-order chi connectivity index (χ1) is 13.8. The second-order valence-electron chi connectivity index (χ2n) is 5.79.